The van der Waals surface area contributed by atoms with Crippen molar-refractivity contribution in [2.75, 3.05) is 31.0 Å². The summed E-state index contributed by atoms with van der Waals surface area (Å²) in [6.45, 7) is 2.12. The monoisotopic (exact) mass is 488 g/mol. The second kappa shape index (κ2) is 9.65. The fraction of sp³-hybridized carbons (Fsp3) is 0.238. The largest absolute Gasteiger partial charge is 0.378 e. The summed E-state index contributed by atoms with van der Waals surface area (Å²) in [5, 5.41) is 11.1. The van der Waals surface area contributed by atoms with Gasteiger partial charge in [0.05, 0.1) is 29.5 Å². The van der Waals surface area contributed by atoms with Gasteiger partial charge in [-0.05, 0) is 23.3 Å². The molecule has 33 heavy (non-hydrogen) atoms. The number of carbonyl (C=O) groups is 1. The zero-order chi connectivity index (χ0) is 23.4. The van der Waals surface area contributed by atoms with Crippen LogP contribution in [0, 0.1) is 10.1 Å². The molecule has 1 aliphatic rings. The Balaban J connectivity index is 1.43. The van der Waals surface area contributed by atoms with Crippen LogP contribution in [0.5, 0.6) is 0 Å². The molecule has 0 bridgehead atoms. The molecule has 0 spiro atoms. The number of ether oxygens (including phenoxy) is 1. The molecule has 172 valence electrons. The van der Waals surface area contributed by atoms with Crippen LogP contribution in [0.4, 0.5) is 10.8 Å². The number of sulfonamides is 1. The van der Waals surface area contributed by atoms with Crippen molar-refractivity contribution >= 4 is 38.1 Å². The van der Waals surface area contributed by atoms with Crippen molar-refractivity contribution < 1.29 is 22.9 Å². The van der Waals surface area contributed by atoms with Crippen molar-refractivity contribution in [3.05, 3.63) is 69.7 Å². The first-order chi connectivity index (χ1) is 15.8. The van der Waals surface area contributed by atoms with Gasteiger partial charge in [-0.3, -0.25) is 19.6 Å². The fourth-order valence-corrected chi connectivity index (χ4v) is 5.35. The molecule has 1 aliphatic heterocycles. The number of hydrogen-bond donors (Lipinski definition) is 1. The second-order valence-corrected chi connectivity index (χ2v) is 10.0. The standard InChI is InChI=1S/C21H20N4O6S2/c26-20(24-8-10-31-11-9-24)13-18-14-22-21(32-18)23-33(29,30)19-6-4-15(5-7-19)16-2-1-3-17(12-16)25(27)28/h1-7,12,14H,8-11,13H2,(H,22,23). The molecule has 4 rings (SSSR count). The molecule has 1 amide bonds. The molecule has 3 aromatic rings. The van der Waals surface area contributed by atoms with Gasteiger partial charge in [0.2, 0.25) is 5.91 Å². The highest BCUT2D eigenvalue weighted by molar-refractivity contribution is 7.93. The minimum atomic E-state index is -3.89. The van der Waals surface area contributed by atoms with E-state index in [2.05, 4.69) is 9.71 Å². The van der Waals surface area contributed by atoms with Gasteiger partial charge in [0.25, 0.3) is 15.7 Å². The number of non-ortho nitro benzene ring substituents is 1. The predicted octanol–water partition coefficient (Wildman–Crippen LogP) is 2.92. The van der Waals surface area contributed by atoms with E-state index in [0.717, 1.165) is 11.3 Å². The highest BCUT2D eigenvalue weighted by Gasteiger charge is 2.20. The van der Waals surface area contributed by atoms with Gasteiger partial charge < -0.3 is 9.64 Å². The van der Waals surface area contributed by atoms with E-state index in [9.17, 15) is 23.3 Å². The van der Waals surface area contributed by atoms with Crippen molar-refractivity contribution in [1.82, 2.24) is 9.88 Å². The Hall–Kier alpha value is -3.35. The van der Waals surface area contributed by atoms with E-state index in [0.29, 0.717) is 42.3 Å². The number of nitro benzene ring substituents is 1. The van der Waals surface area contributed by atoms with Gasteiger partial charge >= 0.3 is 0 Å². The Kier molecular flexibility index (Phi) is 6.67. The number of nitrogens with zero attached hydrogens (tertiary/aromatic N) is 3. The maximum absolute atomic E-state index is 12.7. The second-order valence-electron chi connectivity index (χ2n) is 7.24. The Morgan fingerprint density at radius 3 is 2.58 bits per heavy atom. The molecule has 0 radical (unpaired) electrons. The number of hydrogen-bond acceptors (Lipinski definition) is 8. The van der Waals surface area contributed by atoms with E-state index in [1.54, 1.807) is 29.2 Å². The molecule has 12 heteroatoms. The Labute approximate surface area is 194 Å². The van der Waals surface area contributed by atoms with Crippen LogP contribution in [-0.4, -0.2) is 55.4 Å². The van der Waals surface area contributed by atoms with E-state index in [1.807, 2.05) is 0 Å². The highest BCUT2D eigenvalue weighted by atomic mass is 32.2. The van der Waals surface area contributed by atoms with E-state index in [1.165, 1.54) is 30.5 Å². The minimum absolute atomic E-state index is 0.0258. The summed E-state index contributed by atoms with van der Waals surface area (Å²) in [5.74, 6) is -0.0481. The quantitative estimate of drug-likeness (QED) is 0.399. The van der Waals surface area contributed by atoms with Gasteiger partial charge in [-0.1, -0.05) is 24.3 Å². The number of thiazole rings is 1. The van der Waals surface area contributed by atoms with Crippen LogP contribution in [0.25, 0.3) is 11.1 Å². The van der Waals surface area contributed by atoms with Crippen LogP contribution in [0.2, 0.25) is 0 Å². The van der Waals surface area contributed by atoms with E-state index in [-0.39, 0.29) is 28.0 Å². The average Bonchev–Trinajstić information content (AvgIpc) is 3.25. The van der Waals surface area contributed by atoms with Crippen molar-refractivity contribution in [2.24, 2.45) is 0 Å². The first-order valence-corrected chi connectivity index (χ1v) is 12.3. The number of benzene rings is 2. The number of carbonyl (C=O) groups excluding carboxylic acids is 1. The van der Waals surface area contributed by atoms with Crippen molar-refractivity contribution in [3.63, 3.8) is 0 Å². The fourth-order valence-electron chi connectivity index (χ4n) is 3.31. The van der Waals surface area contributed by atoms with Crippen LogP contribution < -0.4 is 4.72 Å². The van der Waals surface area contributed by atoms with Crippen LogP contribution in [-0.2, 0) is 26.0 Å². The molecule has 10 nitrogen and oxygen atoms in total. The molecule has 0 aliphatic carbocycles. The molecular formula is C21H20N4O6S2. The van der Waals surface area contributed by atoms with Gasteiger partial charge in [-0.2, -0.15) is 0 Å². The van der Waals surface area contributed by atoms with Gasteiger partial charge in [-0.25, -0.2) is 13.4 Å². The number of anilines is 1. The zero-order valence-electron chi connectivity index (χ0n) is 17.3. The van der Waals surface area contributed by atoms with E-state index >= 15 is 0 Å². The molecule has 2 heterocycles. The number of morpholine rings is 1. The summed E-state index contributed by atoms with van der Waals surface area (Å²) >= 11 is 1.11. The average molecular weight is 489 g/mol. The molecule has 1 aromatic heterocycles. The van der Waals surface area contributed by atoms with Crippen LogP contribution >= 0.6 is 11.3 Å². The van der Waals surface area contributed by atoms with Crippen molar-refractivity contribution in [2.45, 2.75) is 11.3 Å². The summed E-state index contributed by atoms with van der Waals surface area (Å²) in [4.78, 5) is 29.3. The zero-order valence-corrected chi connectivity index (χ0v) is 19.0. The van der Waals surface area contributed by atoms with Gasteiger partial charge in [0.1, 0.15) is 0 Å². The lowest BCUT2D eigenvalue weighted by molar-refractivity contribution is -0.384. The summed E-state index contributed by atoms with van der Waals surface area (Å²) in [6.07, 6.45) is 1.64. The number of nitrogens with one attached hydrogen (secondary N) is 1. The third kappa shape index (κ3) is 5.53. The third-order valence-corrected chi connectivity index (χ3v) is 7.42. The minimum Gasteiger partial charge on any atom is -0.378 e. The van der Waals surface area contributed by atoms with E-state index in [4.69, 9.17) is 4.74 Å². The molecule has 1 N–H and O–H groups in total. The lowest BCUT2D eigenvalue weighted by Gasteiger charge is -2.26. The number of amides is 1. The maximum Gasteiger partial charge on any atom is 0.270 e. The Morgan fingerprint density at radius 2 is 1.88 bits per heavy atom. The molecule has 0 atom stereocenters. The first-order valence-electron chi connectivity index (χ1n) is 10.00. The SMILES string of the molecule is O=C(Cc1cnc(NS(=O)(=O)c2ccc(-c3cccc([N+](=O)[O-])c3)cc2)s1)N1CCOCC1. The van der Waals surface area contributed by atoms with Crippen LogP contribution in [0.3, 0.4) is 0 Å². The van der Waals surface area contributed by atoms with Crippen molar-refractivity contribution in [3.8, 4) is 11.1 Å². The van der Waals surface area contributed by atoms with Gasteiger partial charge in [-0.15, -0.1) is 11.3 Å². The normalized spacial score (nSPS) is 14.1. The number of nitro groups is 1. The summed E-state index contributed by atoms with van der Waals surface area (Å²) < 4.78 is 33.2. The molecule has 0 saturated carbocycles. The summed E-state index contributed by atoms with van der Waals surface area (Å²) in [6, 6.07) is 12.1. The molecular weight excluding hydrogens is 468 g/mol. The van der Waals surface area contributed by atoms with Crippen molar-refractivity contribution in [1.29, 1.82) is 0 Å². The molecule has 2 aromatic carbocycles. The van der Waals surface area contributed by atoms with Gasteiger partial charge in [0, 0.05) is 36.3 Å². The first kappa shape index (κ1) is 22.8. The summed E-state index contributed by atoms with van der Waals surface area (Å²) in [7, 11) is -3.89. The van der Waals surface area contributed by atoms with Crippen LogP contribution in [0.15, 0.2) is 59.6 Å². The number of aromatic nitrogens is 1. The molecule has 1 saturated heterocycles. The lowest BCUT2D eigenvalue weighted by atomic mass is 10.1. The molecule has 0 unspecified atom stereocenters. The molecule has 1 fully saturated rings. The van der Waals surface area contributed by atoms with Crippen LogP contribution in [0.1, 0.15) is 4.88 Å². The summed E-state index contributed by atoms with van der Waals surface area (Å²) in [5.41, 5.74) is 1.21. The number of rotatable bonds is 7. The Morgan fingerprint density at radius 1 is 1.15 bits per heavy atom. The predicted molar refractivity (Wildman–Crippen MR) is 123 cm³/mol. The van der Waals surface area contributed by atoms with E-state index < -0.39 is 14.9 Å². The van der Waals surface area contributed by atoms with Gasteiger partial charge in [0.15, 0.2) is 5.13 Å². The highest BCUT2D eigenvalue weighted by Crippen LogP contribution is 2.27. The topological polar surface area (TPSA) is 132 Å². The maximum atomic E-state index is 12.7. The lowest BCUT2D eigenvalue weighted by Crippen LogP contribution is -2.41. The smallest absolute Gasteiger partial charge is 0.270 e. The Bertz CT molecular complexity index is 1270. The third-order valence-electron chi connectivity index (χ3n) is 5.02.